The van der Waals surface area contributed by atoms with Crippen LogP contribution in [0.2, 0.25) is 0 Å². The number of aliphatic carboxylic acids is 1. The average Bonchev–Trinajstić information content (AvgIpc) is 2.75. The molecule has 1 fully saturated rings. The van der Waals surface area contributed by atoms with Crippen LogP contribution in [-0.4, -0.2) is 51.5 Å². The lowest BCUT2D eigenvalue weighted by Crippen LogP contribution is -2.44. The third-order valence-electron chi connectivity index (χ3n) is 3.24. The number of unbranched alkanes of at least 4 members (excludes halogenated alkanes) is 2. The first-order valence-corrected chi connectivity index (χ1v) is 7.88. The molecule has 0 spiro atoms. The van der Waals surface area contributed by atoms with Gasteiger partial charge in [-0.15, -0.1) is 11.8 Å². The van der Waals surface area contributed by atoms with E-state index in [1.807, 2.05) is 6.92 Å². The Hall–Kier alpha value is -1.24. The van der Waals surface area contributed by atoms with Gasteiger partial charge in [-0.3, -0.25) is 9.59 Å². The molecule has 0 radical (unpaired) electrons. The van der Waals surface area contributed by atoms with Gasteiger partial charge in [-0.05, 0) is 19.8 Å². The zero-order valence-corrected chi connectivity index (χ0v) is 12.7. The number of carbonyl (C=O) groups is 3. The summed E-state index contributed by atoms with van der Waals surface area (Å²) >= 11 is 1.50. The Labute approximate surface area is 123 Å². The van der Waals surface area contributed by atoms with Crippen LogP contribution in [0.3, 0.4) is 0 Å². The van der Waals surface area contributed by atoms with E-state index in [9.17, 15) is 14.4 Å². The Morgan fingerprint density at radius 2 is 2.00 bits per heavy atom. The fourth-order valence-electron chi connectivity index (χ4n) is 2.18. The molecule has 1 aliphatic rings. The fraction of sp³-hybridized carbons (Fsp3) is 0.769. The number of hydrogen-bond donors (Lipinski definition) is 2. The van der Waals surface area contributed by atoms with Crippen molar-refractivity contribution in [1.29, 1.82) is 0 Å². The fourth-order valence-corrected chi connectivity index (χ4v) is 3.37. The van der Waals surface area contributed by atoms with Gasteiger partial charge in [0.2, 0.25) is 11.8 Å². The molecular weight excluding hydrogens is 280 g/mol. The Morgan fingerprint density at radius 3 is 2.60 bits per heavy atom. The lowest BCUT2D eigenvalue weighted by atomic mass is 10.1. The summed E-state index contributed by atoms with van der Waals surface area (Å²) in [6.07, 6.45) is 2.77. The van der Waals surface area contributed by atoms with Crippen molar-refractivity contribution in [1.82, 2.24) is 10.2 Å². The van der Waals surface area contributed by atoms with E-state index in [2.05, 4.69) is 5.32 Å². The Balaban J connectivity index is 2.27. The van der Waals surface area contributed by atoms with Crippen LogP contribution in [0.4, 0.5) is 0 Å². The highest BCUT2D eigenvalue weighted by Crippen LogP contribution is 2.29. The van der Waals surface area contributed by atoms with E-state index in [0.29, 0.717) is 18.7 Å². The molecule has 2 unspecified atom stereocenters. The van der Waals surface area contributed by atoms with Crippen LogP contribution >= 0.6 is 11.8 Å². The topological polar surface area (TPSA) is 86.7 Å². The van der Waals surface area contributed by atoms with E-state index in [1.165, 1.54) is 23.6 Å². The number of carbonyl (C=O) groups excluding carboxylic acids is 2. The van der Waals surface area contributed by atoms with Crippen LogP contribution in [0.25, 0.3) is 0 Å². The quantitative estimate of drug-likeness (QED) is 0.687. The highest BCUT2D eigenvalue weighted by atomic mass is 32.2. The molecule has 2 atom stereocenters. The molecule has 1 saturated heterocycles. The van der Waals surface area contributed by atoms with Crippen molar-refractivity contribution in [2.75, 3.05) is 12.3 Å². The van der Waals surface area contributed by atoms with Crippen molar-refractivity contribution in [3.8, 4) is 0 Å². The third-order valence-corrected chi connectivity index (χ3v) is 4.45. The van der Waals surface area contributed by atoms with Crippen molar-refractivity contribution >= 4 is 29.5 Å². The van der Waals surface area contributed by atoms with Gasteiger partial charge in [-0.2, -0.15) is 0 Å². The van der Waals surface area contributed by atoms with Crippen LogP contribution in [0.1, 0.15) is 39.5 Å². The first-order valence-electron chi connectivity index (χ1n) is 6.83. The van der Waals surface area contributed by atoms with Gasteiger partial charge < -0.3 is 15.3 Å². The van der Waals surface area contributed by atoms with Crippen molar-refractivity contribution in [3.63, 3.8) is 0 Å². The van der Waals surface area contributed by atoms with Crippen LogP contribution in [-0.2, 0) is 14.4 Å². The summed E-state index contributed by atoms with van der Waals surface area (Å²) in [5, 5.41) is 11.7. The van der Waals surface area contributed by atoms with Crippen LogP contribution < -0.4 is 5.32 Å². The molecule has 1 rings (SSSR count). The zero-order valence-electron chi connectivity index (χ0n) is 11.9. The normalized spacial score (nSPS) is 21.8. The maximum absolute atomic E-state index is 12.1. The number of rotatable bonds is 7. The highest BCUT2D eigenvalue weighted by molar-refractivity contribution is 8.00. The number of nitrogens with one attached hydrogen (secondary N) is 1. The lowest BCUT2D eigenvalue weighted by Gasteiger charge is -2.25. The standard InChI is InChI=1S/C13H22N2O4S/c1-9(16)14-7-5-3-4-6-12(17)15-10(2)20-8-11(15)13(18)19/h10-11H,3-8H2,1-2H3,(H,14,16)(H,18,19). The van der Waals surface area contributed by atoms with Gasteiger partial charge >= 0.3 is 5.97 Å². The number of hydrogen-bond acceptors (Lipinski definition) is 4. The summed E-state index contributed by atoms with van der Waals surface area (Å²) < 4.78 is 0. The van der Waals surface area contributed by atoms with E-state index in [4.69, 9.17) is 5.11 Å². The molecule has 0 aliphatic carbocycles. The van der Waals surface area contributed by atoms with Gasteiger partial charge in [0.15, 0.2) is 0 Å². The molecule has 20 heavy (non-hydrogen) atoms. The van der Waals surface area contributed by atoms with E-state index >= 15 is 0 Å². The molecule has 2 amide bonds. The predicted octanol–water partition coefficient (Wildman–Crippen LogP) is 1.06. The molecule has 0 bridgehead atoms. The average molecular weight is 302 g/mol. The van der Waals surface area contributed by atoms with E-state index in [1.54, 1.807) is 0 Å². The van der Waals surface area contributed by atoms with Gasteiger partial charge in [0.1, 0.15) is 6.04 Å². The van der Waals surface area contributed by atoms with E-state index < -0.39 is 12.0 Å². The molecule has 0 aromatic carbocycles. The summed E-state index contributed by atoms with van der Waals surface area (Å²) in [7, 11) is 0. The van der Waals surface area contributed by atoms with Gasteiger partial charge in [0.25, 0.3) is 0 Å². The maximum atomic E-state index is 12.1. The van der Waals surface area contributed by atoms with Gasteiger partial charge in [0, 0.05) is 25.6 Å². The van der Waals surface area contributed by atoms with Crippen molar-refractivity contribution < 1.29 is 19.5 Å². The minimum Gasteiger partial charge on any atom is -0.480 e. The lowest BCUT2D eigenvalue weighted by molar-refractivity contribution is -0.148. The minimum absolute atomic E-state index is 0.0479. The second-order valence-corrected chi connectivity index (χ2v) is 6.23. The monoisotopic (exact) mass is 302 g/mol. The van der Waals surface area contributed by atoms with Crippen molar-refractivity contribution in [3.05, 3.63) is 0 Å². The SMILES string of the molecule is CC(=O)NCCCCCC(=O)N1C(C)SCC1C(=O)O. The molecule has 2 N–H and O–H groups in total. The maximum Gasteiger partial charge on any atom is 0.327 e. The molecular formula is C13H22N2O4S. The summed E-state index contributed by atoms with van der Waals surface area (Å²) in [5.74, 6) is -0.603. The van der Waals surface area contributed by atoms with Crippen molar-refractivity contribution in [2.24, 2.45) is 0 Å². The van der Waals surface area contributed by atoms with Gasteiger partial charge in [-0.25, -0.2) is 4.79 Å². The number of amides is 2. The molecule has 0 aromatic heterocycles. The van der Waals surface area contributed by atoms with E-state index in [-0.39, 0.29) is 17.2 Å². The molecule has 0 saturated carbocycles. The molecule has 0 aromatic rings. The Morgan fingerprint density at radius 1 is 1.30 bits per heavy atom. The number of thioether (sulfide) groups is 1. The van der Waals surface area contributed by atoms with Crippen molar-refractivity contribution in [2.45, 2.75) is 50.9 Å². The van der Waals surface area contributed by atoms with Crippen LogP contribution in [0, 0.1) is 0 Å². The smallest absolute Gasteiger partial charge is 0.327 e. The number of nitrogens with zero attached hydrogens (tertiary/aromatic N) is 1. The summed E-state index contributed by atoms with van der Waals surface area (Å²) in [4.78, 5) is 35.3. The largest absolute Gasteiger partial charge is 0.480 e. The first-order chi connectivity index (χ1) is 9.43. The molecule has 1 aliphatic heterocycles. The van der Waals surface area contributed by atoms with Gasteiger partial charge in [0.05, 0.1) is 5.37 Å². The zero-order chi connectivity index (χ0) is 15.1. The van der Waals surface area contributed by atoms with Gasteiger partial charge in [-0.1, -0.05) is 6.42 Å². The molecule has 1 heterocycles. The predicted molar refractivity (Wildman–Crippen MR) is 77.3 cm³/mol. The summed E-state index contributed by atoms with van der Waals surface area (Å²) in [6.45, 7) is 3.96. The van der Waals surface area contributed by atoms with Crippen LogP contribution in [0.15, 0.2) is 0 Å². The molecule has 6 nitrogen and oxygen atoms in total. The summed E-state index contributed by atoms with van der Waals surface area (Å²) in [5.41, 5.74) is 0. The highest BCUT2D eigenvalue weighted by Gasteiger charge is 2.38. The Bertz CT molecular complexity index is 375. The van der Waals surface area contributed by atoms with Crippen LogP contribution in [0.5, 0.6) is 0 Å². The molecule has 114 valence electrons. The third kappa shape index (κ3) is 5.03. The number of carboxylic acid groups (broad SMARTS) is 1. The summed E-state index contributed by atoms with van der Waals surface area (Å²) in [6, 6.07) is -0.693. The number of carboxylic acids is 1. The Kier molecular flexibility index (Phi) is 6.84. The molecule has 7 heteroatoms. The van der Waals surface area contributed by atoms with E-state index in [0.717, 1.165) is 19.3 Å². The second kappa shape index (κ2) is 8.14. The minimum atomic E-state index is -0.930. The first kappa shape index (κ1) is 16.8. The second-order valence-electron chi connectivity index (χ2n) is 4.88.